The summed E-state index contributed by atoms with van der Waals surface area (Å²) in [7, 11) is 1.80. The molecule has 1 atom stereocenters. The lowest BCUT2D eigenvalue weighted by Gasteiger charge is -2.14. The second-order valence-corrected chi connectivity index (χ2v) is 4.48. The molecule has 4 nitrogen and oxygen atoms in total. The number of halogens is 1. The summed E-state index contributed by atoms with van der Waals surface area (Å²) in [6.07, 6.45) is 1.73. The first-order valence-electron chi connectivity index (χ1n) is 5.79. The van der Waals surface area contributed by atoms with Crippen LogP contribution in [0.25, 0.3) is 0 Å². The predicted octanol–water partition coefficient (Wildman–Crippen LogP) is 2.62. The van der Waals surface area contributed by atoms with Crippen LogP contribution in [0.4, 0.5) is 15.9 Å². The summed E-state index contributed by atoms with van der Waals surface area (Å²) < 4.78 is 15.1. The van der Waals surface area contributed by atoms with Crippen molar-refractivity contribution in [2.24, 2.45) is 7.05 Å². The number of anilines is 2. The van der Waals surface area contributed by atoms with E-state index in [1.807, 2.05) is 13.0 Å². The summed E-state index contributed by atoms with van der Waals surface area (Å²) in [4.78, 5) is 0. The standard InChI is InChI=1S/C13H17FN4/c1-8-4-5-10(6-11(8)14)9(2)16-13-12(15)7-18(3)17-13/h4-7,9H,15H2,1-3H3,(H,16,17). The Balaban J connectivity index is 2.19. The van der Waals surface area contributed by atoms with Gasteiger partial charge in [0.15, 0.2) is 5.82 Å². The first-order chi connectivity index (χ1) is 8.47. The molecule has 0 saturated carbocycles. The minimum atomic E-state index is -0.199. The summed E-state index contributed by atoms with van der Waals surface area (Å²) in [5.41, 5.74) is 7.89. The van der Waals surface area contributed by atoms with Crippen LogP contribution < -0.4 is 11.1 Å². The lowest BCUT2D eigenvalue weighted by atomic mass is 10.1. The SMILES string of the molecule is Cc1ccc(C(C)Nc2nn(C)cc2N)cc1F. The minimum absolute atomic E-state index is 0.0581. The largest absolute Gasteiger partial charge is 0.394 e. The van der Waals surface area contributed by atoms with E-state index in [0.717, 1.165) is 5.56 Å². The van der Waals surface area contributed by atoms with Gasteiger partial charge in [-0.15, -0.1) is 0 Å². The maximum atomic E-state index is 13.5. The molecule has 0 aliphatic carbocycles. The highest BCUT2D eigenvalue weighted by Gasteiger charge is 2.11. The average Bonchev–Trinajstić information content (AvgIpc) is 2.61. The first-order valence-corrected chi connectivity index (χ1v) is 5.79. The summed E-state index contributed by atoms with van der Waals surface area (Å²) in [6, 6.07) is 5.14. The fourth-order valence-electron chi connectivity index (χ4n) is 1.79. The van der Waals surface area contributed by atoms with Crippen LogP contribution in [0.1, 0.15) is 24.1 Å². The number of hydrogen-bond acceptors (Lipinski definition) is 3. The minimum Gasteiger partial charge on any atom is -0.394 e. The lowest BCUT2D eigenvalue weighted by Crippen LogP contribution is -2.09. The number of rotatable bonds is 3. The third-order valence-electron chi connectivity index (χ3n) is 2.91. The number of nitrogens with zero attached hydrogens (tertiary/aromatic N) is 2. The second-order valence-electron chi connectivity index (χ2n) is 4.48. The highest BCUT2D eigenvalue weighted by Crippen LogP contribution is 2.23. The molecule has 5 heteroatoms. The molecule has 2 rings (SSSR count). The van der Waals surface area contributed by atoms with Gasteiger partial charge in [-0.3, -0.25) is 4.68 Å². The molecular formula is C13H17FN4. The van der Waals surface area contributed by atoms with E-state index in [1.54, 1.807) is 30.9 Å². The first kappa shape index (κ1) is 12.4. The van der Waals surface area contributed by atoms with Crippen molar-refractivity contribution in [3.63, 3.8) is 0 Å². The van der Waals surface area contributed by atoms with Crippen molar-refractivity contribution in [2.75, 3.05) is 11.1 Å². The van der Waals surface area contributed by atoms with Crippen molar-refractivity contribution < 1.29 is 4.39 Å². The second kappa shape index (κ2) is 4.68. The van der Waals surface area contributed by atoms with Crippen LogP contribution in [0.3, 0.4) is 0 Å². The molecule has 0 spiro atoms. The van der Waals surface area contributed by atoms with E-state index in [1.165, 1.54) is 6.07 Å². The van der Waals surface area contributed by atoms with Gasteiger partial charge >= 0.3 is 0 Å². The van der Waals surface area contributed by atoms with Gasteiger partial charge in [0.1, 0.15) is 5.82 Å². The number of hydrogen-bond donors (Lipinski definition) is 2. The zero-order valence-electron chi connectivity index (χ0n) is 10.7. The van der Waals surface area contributed by atoms with Gasteiger partial charge < -0.3 is 11.1 Å². The molecule has 96 valence electrons. The van der Waals surface area contributed by atoms with Gasteiger partial charge in [0.2, 0.25) is 0 Å². The van der Waals surface area contributed by atoms with Crippen molar-refractivity contribution in [1.29, 1.82) is 0 Å². The van der Waals surface area contributed by atoms with Gasteiger partial charge in [0, 0.05) is 13.2 Å². The fourth-order valence-corrected chi connectivity index (χ4v) is 1.79. The number of nitrogens with two attached hydrogens (primary N) is 1. The van der Waals surface area contributed by atoms with Crippen molar-refractivity contribution in [2.45, 2.75) is 19.9 Å². The van der Waals surface area contributed by atoms with E-state index in [-0.39, 0.29) is 11.9 Å². The number of benzene rings is 1. The van der Waals surface area contributed by atoms with Crippen molar-refractivity contribution >= 4 is 11.5 Å². The number of aromatic nitrogens is 2. The molecule has 2 aromatic rings. The molecule has 3 N–H and O–H groups in total. The molecule has 1 aromatic carbocycles. The monoisotopic (exact) mass is 248 g/mol. The predicted molar refractivity (Wildman–Crippen MR) is 70.8 cm³/mol. The molecule has 1 unspecified atom stereocenters. The number of aryl methyl sites for hydroxylation is 2. The van der Waals surface area contributed by atoms with E-state index < -0.39 is 0 Å². The van der Waals surface area contributed by atoms with E-state index >= 15 is 0 Å². The van der Waals surface area contributed by atoms with Crippen LogP contribution in [-0.4, -0.2) is 9.78 Å². The molecule has 0 bridgehead atoms. The van der Waals surface area contributed by atoms with Crippen molar-refractivity contribution in [3.8, 4) is 0 Å². The third kappa shape index (κ3) is 2.45. The Morgan fingerprint density at radius 1 is 1.44 bits per heavy atom. The Hall–Kier alpha value is -2.04. The van der Waals surface area contributed by atoms with Crippen LogP contribution in [0.15, 0.2) is 24.4 Å². The van der Waals surface area contributed by atoms with Gasteiger partial charge in [0.05, 0.1) is 11.7 Å². The van der Waals surface area contributed by atoms with Gasteiger partial charge in [-0.2, -0.15) is 5.10 Å². The summed E-state index contributed by atoms with van der Waals surface area (Å²) in [6.45, 7) is 3.69. The molecule has 0 aliphatic rings. The molecule has 18 heavy (non-hydrogen) atoms. The average molecular weight is 248 g/mol. The molecule has 0 saturated heterocycles. The van der Waals surface area contributed by atoms with Crippen LogP contribution in [0.5, 0.6) is 0 Å². The molecule has 0 radical (unpaired) electrons. The highest BCUT2D eigenvalue weighted by atomic mass is 19.1. The van der Waals surface area contributed by atoms with Gasteiger partial charge in [-0.05, 0) is 31.0 Å². The summed E-state index contributed by atoms with van der Waals surface area (Å²) in [5, 5.41) is 7.37. The summed E-state index contributed by atoms with van der Waals surface area (Å²) >= 11 is 0. The van der Waals surface area contributed by atoms with Gasteiger partial charge in [-0.25, -0.2) is 4.39 Å². The van der Waals surface area contributed by atoms with Gasteiger partial charge in [-0.1, -0.05) is 12.1 Å². The Morgan fingerprint density at radius 3 is 2.72 bits per heavy atom. The van der Waals surface area contributed by atoms with Crippen LogP contribution in [0.2, 0.25) is 0 Å². The smallest absolute Gasteiger partial charge is 0.171 e. The van der Waals surface area contributed by atoms with E-state index in [4.69, 9.17) is 5.73 Å². The highest BCUT2D eigenvalue weighted by molar-refractivity contribution is 5.60. The Morgan fingerprint density at radius 2 is 2.17 bits per heavy atom. The topological polar surface area (TPSA) is 55.9 Å². The molecule has 0 fully saturated rings. The van der Waals surface area contributed by atoms with Gasteiger partial charge in [0.25, 0.3) is 0 Å². The molecule has 1 heterocycles. The summed E-state index contributed by atoms with van der Waals surface area (Å²) in [5.74, 6) is 0.418. The zero-order chi connectivity index (χ0) is 13.3. The number of nitrogen functional groups attached to an aromatic ring is 1. The van der Waals surface area contributed by atoms with E-state index in [0.29, 0.717) is 17.1 Å². The normalized spacial score (nSPS) is 12.4. The molecule has 0 aliphatic heterocycles. The Kier molecular flexibility index (Phi) is 3.23. The van der Waals surface area contributed by atoms with Crippen molar-refractivity contribution in [3.05, 3.63) is 41.3 Å². The number of nitrogens with one attached hydrogen (secondary N) is 1. The van der Waals surface area contributed by atoms with E-state index in [9.17, 15) is 4.39 Å². The molecule has 1 aromatic heterocycles. The Labute approximate surface area is 106 Å². The maximum Gasteiger partial charge on any atom is 0.171 e. The zero-order valence-corrected chi connectivity index (χ0v) is 10.7. The van der Waals surface area contributed by atoms with Crippen molar-refractivity contribution in [1.82, 2.24) is 9.78 Å². The quantitative estimate of drug-likeness (QED) is 0.878. The molecular weight excluding hydrogens is 231 g/mol. The fraction of sp³-hybridized carbons (Fsp3) is 0.308. The maximum absolute atomic E-state index is 13.5. The molecule has 0 amide bonds. The van der Waals surface area contributed by atoms with Crippen LogP contribution >= 0.6 is 0 Å². The van der Waals surface area contributed by atoms with Crippen LogP contribution in [0, 0.1) is 12.7 Å². The van der Waals surface area contributed by atoms with Crippen LogP contribution in [-0.2, 0) is 7.05 Å². The van der Waals surface area contributed by atoms with E-state index in [2.05, 4.69) is 10.4 Å². The Bertz CT molecular complexity index is 562. The lowest BCUT2D eigenvalue weighted by molar-refractivity contribution is 0.614. The third-order valence-corrected chi connectivity index (χ3v) is 2.91.